The molecule has 0 aliphatic rings. The number of hydrogen-bond donors (Lipinski definition) is 0. The zero-order valence-corrected chi connectivity index (χ0v) is 8.77. The Morgan fingerprint density at radius 3 is 2.85 bits per heavy atom. The number of allylic oxidation sites excluding steroid dienone is 1. The van der Waals surface area contributed by atoms with Gasteiger partial charge in [0, 0.05) is 22.9 Å². The molecule has 1 rings (SSSR count). The SMILES string of the molecule is C=CS/C(=C\C)c1cncc(C)c1. The van der Waals surface area contributed by atoms with E-state index in [1.165, 1.54) is 10.5 Å². The quantitative estimate of drug-likeness (QED) is 0.723. The lowest BCUT2D eigenvalue weighted by molar-refractivity contribution is 1.26. The maximum atomic E-state index is 4.15. The van der Waals surface area contributed by atoms with Gasteiger partial charge in [-0.2, -0.15) is 0 Å². The van der Waals surface area contributed by atoms with E-state index in [9.17, 15) is 0 Å². The van der Waals surface area contributed by atoms with E-state index in [4.69, 9.17) is 0 Å². The molecule has 0 spiro atoms. The molecule has 0 amide bonds. The molecule has 1 aromatic heterocycles. The number of pyridine rings is 1. The second-order valence-corrected chi connectivity index (χ2v) is 3.70. The fourth-order valence-electron chi connectivity index (χ4n) is 1.08. The van der Waals surface area contributed by atoms with Gasteiger partial charge in [0.1, 0.15) is 0 Å². The van der Waals surface area contributed by atoms with Crippen molar-refractivity contribution >= 4 is 16.7 Å². The molecular formula is C11H13NS. The molecule has 0 saturated heterocycles. The number of rotatable bonds is 3. The van der Waals surface area contributed by atoms with Gasteiger partial charge in [-0.1, -0.05) is 24.4 Å². The molecule has 13 heavy (non-hydrogen) atoms. The lowest BCUT2D eigenvalue weighted by Crippen LogP contribution is -1.83. The van der Waals surface area contributed by atoms with Gasteiger partial charge in [-0.05, 0) is 30.9 Å². The van der Waals surface area contributed by atoms with Crippen LogP contribution in [0.2, 0.25) is 0 Å². The molecule has 1 aromatic rings. The third kappa shape index (κ3) is 2.74. The summed E-state index contributed by atoms with van der Waals surface area (Å²) < 4.78 is 0. The summed E-state index contributed by atoms with van der Waals surface area (Å²) in [6.07, 6.45) is 5.80. The summed E-state index contributed by atoms with van der Waals surface area (Å²) in [5.41, 5.74) is 2.34. The van der Waals surface area contributed by atoms with Gasteiger partial charge in [0.25, 0.3) is 0 Å². The summed E-state index contributed by atoms with van der Waals surface area (Å²) >= 11 is 1.62. The van der Waals surface area contributed by atoms with Crippen LogP contribution in [0.5, 0.6) is 0 Å². The lowest BCUT2D eigenvalue weighted by atomic mass is 10.2. The van der Waals surface area contributed by atoms with Crippen molar-refractivity contribution < 1.29 is 0 Å². The maximum absolute atomic E-state index is 4.15. The van der Waals surface area contributed by atoms with Crippen molar-refractivity contribution in [1.82, 2.24) is 4.98 Å². The molecule has 68 valence electrons. The van der Waals surface area contributed by atoms with Crippen LogP contribution in [0.4, 0.5) is 0 Å². The van der Waals surface area contributed by atoms with Crippen LogP contribution in [0.1, 0.15) is 18.1 Å². The lowest BCUT2D eigenvalue weighted by Gasteiger charge is -2.03. The topological polar surface area (TPSA) is 12.9 Å². The Morgan fingerprint density at radius 2 is 2.31 bits per heavy atom. The monoisotopic (exact) mass is 191 g/mol. The van der Waals surface area contributed by atoms with E-state index in [1.807, 2.05) is 31.6 Å². The van der Waals surface area contributed by atoms with Gasteiger partial charge in [0.2, 0.25) is 0 Å². The third-order valence-corrected chi connectivity index (χ3v) is 2.52. The zero-order valence-electron chi connectivity index (χ0n) is 7.95. The highest BCUT2D eigenvalue weighted by Gasteiger charge is 1.99. The molecule has 2 heteroatoms. The van der Waals surface area contributed by atoms with Crippen LogP contribution >= 0.6 is 11.8 Å². The number of hydrogen-bond acceptors (Lipinski definition) is 2. The predicted octanol–water partition coefficient (Wildman–Crippen LogP) is 3.63. The minimum atomic E-state index is 1.16. The number of thioether (sulfide) groups is 1. The molecule has 0 atom stereocenters. The summed E-state index contributed by atoms with van der Waals surface area (Å²) in [5, 5.41) is 1.83. The van der Waals surface area contributed by atoms with Gasteiger partial charge in [0.15, 0.2) is 0 Å². The van der Waals surface area contributed by atoms with E-state index in [0.717, 1.165) is 5.56 Å². The Bertz CT molecular complexity index is 329. The van der Waals surface area contributed by atoms with Crippen LogP contribution in [-0.2, 0) is 0 Å². The van der Waals surface area contributed by atoms with Gasteiger partial charge in [0.05, 0.1) is 0 Å². The molecule has 0 aliphatic heterocycles. The van der Waals surface area contributed by atoms with Crippen molar-refractivity contribution in [3.8, 4) is 0 Å². The van der Waals surface area contributed by atoms with Crippen LogP contribution in [-0.4, -0.2) is 4.98 Å². The molecule has 0 aromatic carbocycles. The van der Waals surface area contributed by atoms with E-state index in [2.05, 4.69) is 23.7 Å². The van der Waals surface area contributed by atoms with Gasteiger partial charge in [-0.25, -0.2) is 0 Å². The number of nitrogens with zero attached hydrogens (tertiary/aromatic N) is 1. The summed E-state index contributed by atoms with van der Waals surface area (Å²) in [4.78, 5) is 5.35. The van der Waals surface area contributed by atoms with Crippen molar-refractivity contribution in [1.29, 1.82) is 0 Å². The second kappa shape index (κ2) is 4.87. The standard InChI is InChI=1S/C11H13NS/c1-4-11(13-5-2)10-6-9(3)7-12-8-10/h4-8H,2H2,1,3H3/b11-4-. The zero-order chi connectivity index (χ0) is 9.68. The smallest absolute Gasteiger partial charge is 0.0351 e. The first kappa shape index (κ1) is 10.1. The van der Waals surface area contributed by atoms with Crippen LogP contribution in [0.3, 0.4) is 0 Å². The summed E-state index contributed by atoms with van der Waals surface area (Å²) in [7, 11) is 0. The van der Waals surface area contributed by atoms with Gasteiger partial charge in [-0.3, -0.25) is 4.98 Å². The maximum Gasteiger partial charge on any atom is 0.0351 e. The van der Waals surface area contributed by atoms with Crippen LogP contribution in [0, 0.1) is 6.92 Å². The molecule has 0 fully saturated rings. The number of aromatic nitrogens is 1. The highest BCUT2D eigenvalue weighted by atomic mass is 32.2. The van der Waals surface area contributed by atoms with Gasteiger partial charge in [-0.15, -0.1) is 0 Å². The second-order valence-electron chi connectivity index (χ2n) is 2.69. The van der Waals surface area contributed by atoms with Crippen LogP contribution in [0.25, 0.3) is 4.91 Å². The average Bonchev–Trinajstić information content (AvgIpc) is 2.14. The van der Waals surface area contributed by atoms with E-state index in [0.29, 0.717) is 0 Å². The molecule has 1 heterocycles. The summed E-state index contributed by atoms with van der Waals surface area (Å²) in [6.45, 7) is 7.76. The first-order chi connectivity index (χ1) is 6.27. The van der Waals surface area contributed by atoms with Crippen molar-refractivity contribution in [2.75, 3.05) is 0 Å². The highest BCUT2D eigenvalue weighted by molar-refractivity contribution is 8.10. The van der Waals surface area contributed by atoms with Crippen molar-refractivity contribution in [2.45, 2.75) is 13.8 Å². The fourth-order valence-corrected chi connectivity index (χ4v) is 1.65. The van der Waals surface area contributed by atoms with E-state index < -0.39 is 0 Å². The van der Waals surface area contributed by atoms with Crippen LogP contribution < -0.4 is 0 Å². The first-order valence-electron chi connectivity index (χ1n) is 4.14. The molecule has 0 bridgehead atoms. The minimum Gasteiger partial charge on any atom is -0.264 e. The van der Waals surface area contributed by atoms with E-state index in [1.54, 1.807) is 11.8 Å². The van der Waals surface area contributed by atoms with E-state index in [-0.39, 0.29) is 0 Å². The molecule has 0 aliphatic carbocycles. The molecule has 0 radical (unpaired) electrons. The largest absolute Gasteiger partial charge is 0.264 e. The summed E-state index contributed by atoms with van der Waals surface area (Å²) in [6, 6.07) is 2.12. The van der Waals surface area contributed by atoms with Crippen molar-refractivity contribution in [2.24, 2.45) is 0 Å². The Labute approximate surface area is 83.6 Å². The molecule has 0 saturated carbocycles. The molecule has 0 N–H and O–H groups in total. The van der Waals surface area contributed by atoms with E-state index >= 15 is 0 Å². The number of aryl methyl sites for hydroxylation is 1. The van der Waals surface area contributed by atoms with Gasteiger partial charge >= 0.3 is 0 Å². The van der Waals surface area contributed by atoms with Crippen molar-refractivity contribution in [3.05, 3.63) is 47.6 Å². The average molecular weight is 191 g/mol. The molecular weight excluding hydrogens is 178 g/mol. The Balaban J connectivity index is 2.98. The highest BCUT2D eigenvalue weighted by Crippen LogP contribution is 2.27. The Kier molecular flexibility index (Phi) is 3.77. The van der Waals surface area contributed by atoms with Gasteiger partial charge < -0.3 is 0 Å². The summed E-state index contributed by atoms with van der Waals surface area (Å²) in [5.74, 6) is 0. The fraction of sp³-hybridized carbons (Fsp3) is 0.182. The first-order valence-corrected chi connectivity index (χ1v) is 5.01. The normalized spacial score (nSPS) is 11.4. The molecule has 1 nitrogen and oxygen atoms in total. The Morgan fingerprint density at radius 1 is 1.54 bits per heavy atom. The predicted molar refractivity (Wildman–Crippen MR) is 60.4 cm³/mol. The van der Waals surface area contributed by atoms with Crippen molar-refractivity contribution in [3.63, 3.8) is 0 Å². The molecule has 0 unspecified atom stereocenters. The Hall–Kier alpha value is -1.02. The third-order valence-electron chi connectivity index (χ3n) is 1.63. The van der Waals surface area contributed by atoms with Crippen LogP contribution in [0.15, 0.2) is 36.5 Å². The minimum absolute atomic E-state index is 1.16.